The molecule has 6 nitrogen and oxygen atoms in total. The van der Waals surface area contributed by atoms with Gasteiger partial charge in [-0.3, -0.25) is 4.79 Å². The van der Waals surface area contributed by atoms with Gasteiger partial charge < -0.3 is 19.8 Å². The summed E-state index contributed by atoms with van der Waals surface area (Å²) in [6, 6.07) is 9.69. The minimum Gasteiger partial charge on any atom is -0.391 e. The summed E-state index contributed by atoms with van der Waals surface area (Å²) >= 11 is 1.72. The number of imidazole rings is 1. The molecule has 0 spiro atoms. The largest absolute Gasteiger partial charge is 0.391 e. The highest BCUT2D eigenvalue weighted by molar-refractivity contribution is 7.09. The topological polar surface area (TPSA) is 84.2 Å². The first-order valence-corrected chi connectivity index (χ1v) is 12.7. The molecular formula is C26H35N3O3S. The van der Waals surface area contributed by atoms with Gasteiger partial charge in [0.05, 0.1) is 23.2 Å². The van der Waals surface area contributed by atoms with Crippen molar-refractivity contribution in [2.75, 3.05) is 0 Å². The quantitative estimate of drug-likeness (QED) is 0.360. The highest BCUT2D eigenvalue weighted by Gasteiger charge is 2.24. The fraction of sp³-hybridized carbons (Fsp3) is 0.500. The Morgan fingerprint density at radius 3 is 2.61 bits per heavy atom. The zero-order valence-electron chi connectivity index (χ0n) is 20.0. The van der Waals surface area contributed by atoms with Crippen molar-refractivity contribution in [3.8, 4) is 0 Å². The van der Waals surface area contributed by atoms with Crippen LogP contribution in [0.4, 0.5) is 0 Å². The third-order valence-electron chi connectivity index (χ3n) is 6.09. The molecule has 0 saturated carbocycles. The highest BCUT2D eigenvalue weighted by atomic mass is 32.1. The van der Waals surface area contributed by atoms with Crippen LogP contribution in [0.25, 0.3) is 11.0 Å². The molecule has 1 aromatic carbocycles. The van der Waals surface area contributed by atoms with Crippen molar-refractivity contribution >= 4 is 34.6 Å². The van der Waals surface area contributed by atoms with Crippen molar-refractivity contribution in [3.63, 3.8) is 0 Å². The molecule has 0 fully saturated rings. The Morgan fingerprint density at radius 1 is 1.24 bits per heavy atom. The predicted molar refractivity (Wildman–Crippen MR) is 134 cm³/mol. The van der Waals surface area contributed by atoms with Gasteiger partial charge in [0, 0.05) is 29.3 Å². The summed E-state index contributed by atoms with van der Waals surface area (Å²) in [5.74, 6) is 1.02. The summed E-state index contributed by atoms with van der Waals surface area (Å²) in [7, 11) is 0. The molecule has 2 N–H and O–H groups in total. The maximum atomic E-state index is 13.0. The molecule has 0 aliphatic heterocycles. The first-order chi connectivity index (χ1) is 15.9. The molecule has 2 heterocycles. The number of hydrogen-bond donors (Lipinski definition) is 2. The number of benzene rings is 1. The van der Waals surface area contributed by atoms with E-state index in [0.29, 0.717) is 24.3 Å². The molecule has 33 heavy (non-hydrogen) atoms. The third kappa shape index (κ3) is 6.09. The lowest BCUT2D eigenvalue weighted by molar-refractivity contribution is -0.109. The second-order valence-electron chi connectivity index (χ2n) is 9.01. The first kappa shape index (κ1) is 25.1. The van der Waals surface area contributed by atoms with E-state index < -0.39 is 12.1 Å². The van der Waals surface area contributed by atoms with Crippen LogP contribution in [0, 0.1) is 5.92 Å². The molecule has 2 aromatic heterocycles. The molecule has 2 atom stereocenters. The third-order valence-corrected chi connectivity index (χ3v) is 6.97. The summed E-state index contributed by atoms with van der Waals surface area (Å²) in [6.45, 7) is 8.43. The number of rotatable bonds is 12. The van der Waals surface area contributed by atoms with E-state index in [4.69, 9.17) is 4.98 Å². The lowest BCUT2D eigenvalue weighted by Crippen LogP contribution is -2.44. The average Bonchev–Trinajstić information content (AvgIpc) is 3.42. The van der Waals surface area contributed by atoms with Gasteiger partial charge in [0.1, 0.15) is 12.1 Å². The Balaban J connectivity index is 1.93. The van der Waals surface area contributed by atoms with Crippen LogP contribution in [-0.4, -0.2) is 39.0 Å². The fourth-order valence-electron chi connectivity index (χ4n) is 4.38. The van der Waals surface area contributed by atoms with E-state index in [1.165, 1.54) is 4.88 Å². The number of fused-ring (bicyclic) bond motifs is 1. The van der Waals surface area contributed by atoms with Gasteiger partial charge in [0.25, 0.3) is 5.91 Å². The Bertz CT molecular complexity index is 1050. The zero-order valence-corrected chi connectivity index (χ0v) is 20.8. The number of amides is 1. The monoisotopic (exact) mass is 469 g/mol. The summed E-state index contributed by atoms with van der Waals surface area (Å²) in [4.78, 5) is 30.1. The van der Waals surface area contributed by atoms with E-state index >= 15 is 0 Å². The van der Waals surface area contributed by atoms with Gasteiger partial charge in [-0.05, 0) is 54.8 Å². The number of nitrogens with one attached hydrogen (secondary N) is 1. The fourth-order valence-corrected chi connectivity index (χ4v) is 5.08. The molecule has 0 saturated heterocycles. The molecule has 3 aromatic rings. The molecule has 0 radical (unpaired) electrons. The van der Waals surface area contributed by atoms with Crippen LogP contribution in [0.2, 0.25) is 0 Å². The van der Waals surface area contributed by atoms with E-state index in [1.54, 1.807) is 11.3 Å². The predicted octanol–water partition coefficient (Wildman–Crippen LogP) is 5.14. The first-order valence-electron chi connectivity index (χ1n) is 11.8. The van der Waals surface area contributed by atoms with Crippen LogP contribution in [0.3, 0.4) is 0 Å². The molecule has 2 unspecified atom stereocenters. The lowest BCUT2D eigenvalue weighted by atomic mass is 9.97. The van der Waals surface area contributed by atoms with Crippen LogP contribution in [-0.2, 0) is 11.2 Å². The highest BCUT2D eigenvalue weighted by Crippen LogP contribution is 2.28. The minimum absolute atomic E-state index is 0.00259. The van der Waals surface area contributed by atoms with Gasteiger partial charge in [-0.25, -0.2) is 4.98 Å². The summed E-state index contributed by atoms with van der Waals surface area (Å²) in [6.07, 6.45) is 3.17. The van der Waals surface area contributed by atoms with Gasteiger partial charge in [-0.2, -0.15) is 0 Å². The van der Waals surface area contributed by atoms with Gasteiger partial charge in [0.15, 0.2) is 0 Å². The average molecular weight is 470 g/mol. The van der Waals surface area contributed by atoms with Crippen LogP contribution < -0.4 is 5.32 Å². The van der Waals surface area contributed by atoms with Crippen molar-refractivity contribution < 1.29 is 14.7 Å². The van der Waals surface area contributed by atoms with Crippen molar-refractivity contribution in [3.05, 3.63) is 52.0 Å². The molecule has 0 aliphatic rings. The van der Waals surface area contributed by atoms with E-state index in [-0.39, 0.29) is 18.2 Å². The summed E-state index contributed by atoms with van der Waals surface area (Å²) in [5, 5.41) is 15.4. The Labute approximate surface area is 200 Å². The van der Waals surface area contributed by atoms with Crippen LogP contribution >= 0.6 is 11.3 Å². The molecule has 3 rings (SSSR count). The Morgan fingerprint density at radius 2 is 2.00 bits per heavy atom. The molecule has 1 amide bonds. The van der Waals surface area contributed by atoms with Crippen LogP contribution in [0.15, 0.2) is 35.7 Å². The Kier molecular flexibility index (Phi) is 8.80. The van der Waals surface area contributed by atoms with Crippen molar-refractivity contribution in [2.45, 2.75) is 78.0 Å². The molecule has 178 valence electrons. The number of hydrogen-bond acceptors (Lipinski definition) is 5. The maximum absolute atomic E-state index is 13.0. The van der Waals surface area contributed by atoms with Gasteiger partial charge >= 0.3 is 0 Å². The van der Waals surface area contributed by atoms with E-state index in [0.717, 1.165) is 36.1 Å². The van der Waals surface area contributed by atoms with Crippen LogP contribution in [0.5, 0.6) is 0 Å². The number of aldehydes is 1. The second-order valence-corrected chi connectivity index (χ2v) is 10.0. The number of carbonyl (C=O) groups excluding carboxylic acids is 2. The summed E-state index contributed by atoms with van der Waals surface area (Å²) < 4.78 is 2.33. The molecular weight excluding hydrogens is 434 g/mol. The molecule has 0 aliphatic carbocycles. The van der Waals surface area contributed by atoms with E-state index in [2.05, 4.69) is 41.2 Å². The number of carbonyl (C=O) groups is 2. The molecule has 0 bridgehead atoms. The number of aliphatic hydroxyl groups is 1. The van der Waals surface area contributed by atoms with Gasteiger partial charge in [0.2, 0.25) is 0 Å². The van der Waals surface area contributed by atoms with Gasteiger partial charge in [-0.15, -0.1) is 11.3 Å². The number of aliphatic hydroxyl groups excluding tert-OH is 1. The number of thiophene rings is 1. The Hall–Kier alpha value is -2.51. The number of nitrogens with zero attached hydrogens (tertiary/aromatic N) is 2. The number of aromatic nitrogens is 2. The van der Waals surface area contributed by atoms with Crippen molar-refractivity contribution in [2.24, 2.45) is 5.92 Å². The van der Waals surface area contributed by atoms with E-state index in [1.807, 2.05) is 32.0 Å². The molecule has 7 heteroatoms. The second kappa shape index (κ2) is 11.6. The van der Waals surface area contributed by atoms with Crippen molar-refractivity contribution in [1.82, 2.24) is 14.9 Å². The maximum Gasteiger partial charge on any atom is 0.251 e. The zero-order chi connectivity index (χ0) is 24.0. The SMILES string of the molecule is CCC(CC)n1c(Cc2cccs2)nc2cc(C(=O)NC(CC(C)C)C(O)CC=O)ccc21. The standard InChI is InChI=1S/C26H35N3O3S/c1-5-19(6-2)29-23-10-9-18(15-21(23)27-25(29)16-20-8-7-13-33-20)26(32)28-22(14-17(3)4)24(31)11-12-30/h7-10,12-13,15,17,19,22,24,31H,5-6,11,14,16H2,1-4H3,(H,28,32). The van der Waals surface area contributed by atoms with Crippen LogP contribution in [0.1, 0.15) is 80.5 Å². The lowest BCUT2D eigenvalue weighted by Gasteiger charge is -2.24. The smallest absolute Gasteiger partial charge is 0.251 e. The van der Waals surface area contributed by atoms with E-state index in [9.17, 15) is 14.7 Å². The minimum atomic E-state index is -0.899. The summed E-state index contributed by atoms with van der Waals surface area (Å²) in [5.41, 5.74) is 2.34. The van der Waals surface area contributed by atoms with Gasteiger partial charge in [-0.1, -0.05) is 33.8 Å². The van der Waals surface area contributed by atoms with Crippen molar-refractivity contribution in [1.29, 1.82) is 0 Å². The normalized spacial score (nSPS) is 13.5.